The fraction of sp³-hybridized carbons (Fsp3) is 0.0667. The molecule has 1 amide bonds. The van der Waals surface area contributed by atoms with E-state index >= 15 is 0 Å². The highest BCUT2D eigenvalue weighted by molar-refractivity contribution is 9.10. The van der Waals surface area contributed by atoms with Crippen LogP contribution in [0.3, 0.4) is 0 Å². The number of para-hydroxylation sites is 1. The molecule has 3 rings (SSSR count). The van der Waals surface area contributed by atoms with Gasteiger partial charge in [0.2, 0.25) is 5.91 Å². The zero-order valence-corrected chi connectivity index (χ0v) is 14.4. The van der Waals surface area contributed by atoms with Crippen molar-refractivity contribution in [3.05, 3.63) is 52.0 Å². The van der Waals surface area contributed by atoms with Gasteiger partial charge in [0.15, 0.2) is 5.16 Å². The van der Waals surface area contributed by atoms with Crippen molar-refractivity contribution in [1.29, 1.82) is 0 Å². The zero-order chi connectivity index (χ0) is 15.5. The number of rotatable bonds is 4. The van der Waals surface area contributed by atoms with Crippen LogP contribution in [-0.4, -0.2) is 21.6 Å². The maximum Gasteiger partial charge on any atom is 0.234 e. The van der Waals surface area contributed by atoms with Gasteiger partial charge in [0, 0.05) is 9.50 Å². The van der Waals surface area contributed by atoms with Gasteiger partial charge in [-0.05, 0) is 46.3 Å². The summed E-state index contributed by atoms with van der Waals surface area (Å²) in [5.41, 5.74) is 2.45. The number of imidazole rings is 1. The molecule has 0 saturated carbocycles. The molecule has 0 spiro atoms. The molecule has 112 valence electrons. The van der Waals surface area contributed by atoms with Crippen LogP contribution in [-0.2, 0) is 4.79 Å². The summed E-state index contributed by atoms with van der Waals surface area (Å²) in [6.07, 6.45) is 0. The third kappa shape index (κ3) is 3.63. The highest BCUT2D eigenvalue weighted by atomic mass is 79.9. The predicted octanol–water partition coefficient (Wildman–Crippen LogP) is 4.71. The number of aromatic nitrogens is 2. The number of anilines is 1. The number of H-pyrrole nitrogens is 1. The Morgan fingerprint density at radius 1 is 1.32 bits per heavy atom. The first-order valence-corrected chi connectivity index (χ1v) is 8.60. The van der Waals surface area contributed by atoms with Crippen molar-refractivity contribution in [3.8, 4) is 0 Å². The quantitative estimate of drug-likeness (QED) is 0.628. The zero-order valence-electron chi connectivity index (χ0n) is 11.3. The van der Waals surface area contributed by atoms with Crippen LogP contribution in [0, 0.1) is 0 Å². The van der Waals surface area contributed by atoms with Crippen molar-refractivity contribution in [2.24, 2.45) is 0 Å². The Morgan fingerprint density at radius 2 is 2.14 bits per heavy atom. The van der Waals surface area contributed by atoms with E-state index in [1.807, 2.05) is 36.4 Å². The molecule has 0 radical (unpaired) electrons. The molecule has 1 heterocycles. The fourth-order valence-corrected chi connectivity index (χ4v) is 3.15. The van der Waals surface area contributed by atoms with Crippen LogP contribution < -0.4 is 5.32 Å². The Labute approximate surface area is 144 Å². The van der Waals surface area contributed by atoms with Gasteiger partial charge in [-0.3, -0.25) is 4.79 Å². The summed E-state index contributed by atoms with van der Waals surface area (Å²) in [5, 5.41) is 4.20. The summed E-state index contributed by atoms with van der Waals surface area (Å²) in [7, 11) is 0. The molecule has 0 bridgehead atoms. The molecule has 0 fully saturated rings. The van der Waals surface area contributed by atoms with Gasteiger partial charge in [0.1, 0.15) is 0 Å². The largest absolute Gasteiger partial charge is 0.333 e. The second-order valence-electron chi connectivity index (χ2n) is 4.52. The van der Waals surface area contributed by atoms with Crippen molar-refractivity contribution in [3.63, 3.8) is 0 Å². The van der Waals surface area contributed by atoms with Crippen LogP contribution in [0.25, 0.3) is 11.0 Å². The monoisotopic (exact) mass is 395 g/mol. The summed E-state index contributed by atoms with van der Waals surface area (Å²) in [5.74, 6) is 0.185. The minimum absolute atomic E-state index is 0.0876. The first-order chi connectivity index (χ1) is 10.6. The molecule has 1 aromatic heterocycles. The molecular weight excluding hydrogens is 386 g/mol. The number of benzene rings is 2. The molecule has 2 N–H and O–H groups in total. The molecule has 0 aliphatic heterocycles. The molecule has 3 aromatic rings. The SMILES string of the molecule is O=C(CSc1nc2ccc(Cl)cc2[nH]1)Nc1ccccc1Br. The first-order valence-electron chi connectivity index (χ1n) is 6.44. The molecule has 0 aliphatic rings. The predicted molar refractivity (Wildman–Crippen MR) is 94.6 cm³/mol. The molecule has 4 nitrogen and oxygen atoms in total. The third-order valence-corrected chi connectivity index (χ3v) is 4.71. The molecule has 0 aliphatic carbocycles. The molecule has 7 heteroatoms. The maximum atomic E-state index is 12.0. The van der Waals surface area contributed by atoms with Gasteiger partial charge in [0.05, 0.1) is 22.5 Å². The van der Waals surface area contributed by atoms with Crippen LogP contribution >= 0.6 is 39.3 Å². The number of aromatic amines is 1. The highest BCUT2D eigenvalue weighted by Crippen LogP contribution is 2.24. The van der Waals surface area contributed by atoms with E-state index in [9.17, 15) is 4.79 Å². The molecule has 0 unspecified atom stereocenters. The summed E-state index contributed by atoms with van der Waals surface area (Å²) >= 11 is 10.7. The summed E-state index contributed by atoms with van der Waals surface area (Å²) in [6, 6.07) is 12.9. The van der Waals surface area contributed by atoms with E-state index in [1.165, 1.54) is 11.8 Å². The van der Waals surface area contributed by atoms with Gasteiger partial charge >= 0.3 is 0 Å². The maximum absolute atomic E-state index is 12.0. The second kappa shape index (κ2) is 6.73. The smallest absolute Gasteiger partial charge is 0.234 e. The lowest BCUT2D eigenvalue weighted by Crippen LogP contribution is -2.14. The van der Waals surface area contributed by atoms with Gasteiger partial charge in [-0.1, -0.05) is 35.5 Å². The van der Waals surface area contributed by atoms with Crippen molar-refractivity contribution >= 4 is 61.9 Å². The Hall–Kier alpha value is -1.50. The fourth-order valence-electron chi connectivity index (χ4n) is 1.91. The van der Waals surface area contributed by atoms with Crippen LogP contribution in [0.1, 0.15) is 0 Å². The second-order valence-corrected chi connectivity index (χ2v) is 6.77. The molecule has 0 atom stereocenters. The van der Waals surface area contributed by atoms with Crippen LogP contribution in [0.4, 0.5) is 5.69 Å². The third-order valence-electron chi connectivity index (χ3n) is 2.91. The number of fused-ring (bicyclic) bond motifs is 1. The number of carbonyl (C=O) groups excluding carboxylic acids is 1. The van der Waals surface area contributed by atoms with Crippen LogP contribution in [0.15, 0.2) is 52.1 Å². The van der Waals surface area contributed by atoms with E-state index < -0.39 is 0 Å². The number of nitrogens with one attached hydrogen (secondary N) is 2. The number of carbonyl (C=O) groups is 1. The average Bonchev–Trinajstić information content (AvgIpc) is 2.89. The van der Waals surface area contributed by atoms with Gasteiger partial charge in [0.25, 0.3) is 0 Å². The molecule has 2 aromatic carbocycles. The standard InChI is InChI=1S/C15H11BrClN3OS/c16-10-3-1-2-4-11(10)18-14(21)8-22-15-19-12-6-5-9(17)7-13(12)20-15/h1-7H,8H2,(H,18,21)(H,19,20). The summed E-state index contributed by atoms with van der Waals surface area (Å²) in [4.78, 5) is 19.5. The van der Waals surface area contributed by atoms with Crippen molar-refractivity contribution in [2.75, 3.05) is 11.1 Å². The van der Waals surface area contributed by atoms with Gasteiger partial charge in [-0.15, -0.1) is 0 Å². The Bertz CT molecular complexity index is 837. The lowest BCUT2D eigenvalue weighted by Gasteiger charge is -2.05. The van der Waals surface area contributed by atoms with Crippen molar-refractivity contribution < 1.29 is 4.79 Å². The number of halogens is 2. The minimum atomic E-state index is -0.0876. The molecule has 0 saturated heterocycles. The lowest BCUT2D eigenvalue weighted by atomic mass is 10.3. The van der Waals surface area contributed by atoms with E-state index in [1.54, 1.807) is 6.07 Å². The van der Waals surface area contributed by atoms with Crippen molar-refractivity contribution in [2.45, 2.75) is 5.16 Å². The lowest BCUT2D eigenvalue weighted by molar-refractivity contribution is -0.113. The Balaban J connectivity index is 1.63. The summed E-state index contributed by atoms with van der Waals surface area (Å²) in [6.45, 7) is 0. The average molecular weight is 397 g/mol. The Kier molecular flexibility index (Phi) is 4.71. The highest BCUT2D eigenvalue weighted by Gasteiger charge is 2.09. The molecular formula is C15H11BrClN3OS. The van der Waals surface area contributed by atoms with E-state index in [4.69, 9.17) is 11.6 Å². The number of hydrogen-bond donors (Lipinski definition) is 2. The normalized spacial score (nSPS) is 10.8. The first kappa shape index (κ1) is 15.4. The van der Waals surface area contributed by atoms with E-state index in [0.29, 0.717) is 10.2 Å². The number of amides is 1. The van der Waals surface area contributed by atoms with Crippen molar-refractivity contribution in [1.82, 2.24) is 9.97 Å². The minimum Gasteiger partial charge on any atom is -0.333 e. The van der Waals surface area contributed by atoms with Gasteiger partial charge in [-0.25, -0.2) is 4.98 Å². The van der Waals surface area contributed by atoms with Gasteiger partial charge < -0.3 is 10.3 Å². The molecule has 22 heavy (non-hydrogen) atoms. The van der Waals surface area contributed by atoms with E-state index in [-0.39, 0.29) is 11.7 Å². The topological polar surface area (TPSA) is 57.8 Å². The number of thioether (sulfide) groups is 1. The van der Waals surface area contributed by atoms with Crippen LogP contribution in [0.2, 0.25) is 5.02 Å². The van der Waals surface area contributed by atoms with E-state index in [2.05, 4.69) is 31.2 Å². The number of hydrogen-bond acceptors (Lipinski definition) is 3. The Morgan fingerprint density at radius 3 is 2.95 bits per heavy atom. The van der Waals surface area contributed by atoms with Crippen LogP contribution in [0.5, 0.6) is 0 Å². The summed E-state index contributed by atoms with van der Waals surface area (Å²) < 4.78 is 0.853. The van der Waals surface area contributed by atoms with Gasteiger partial charge in [-0.2, -0.15) is 0 Å². The van der Waals surface area contributed by atoms with E-state index in [0.717, 1.165) is 21.2 Å². The number of nitrogens with zero attached hydrogens (tertiary/aromatic N) is 1.